The van der Waals surface area contributed by atoms with E-state index in [0.29, 0.717) is 43.5 Å². The fourth-order valence-electron chi connectivity index (χ4n) is 5.57. The topological polar surface area (TPSA) is 58.7 Å². The Kier molecular flexibility index (Phi) is 5.67. The number of nitrogens with zero attached hydrogens (tertiary/aromatic N) is 3. The number of hydrogen-bond donors (Lipinski definition) is 0. The first-order chi connectivity index (χ1) is 17.5. The molecule has 2 amide bonds. The monoisotopic (exact) mass is 481 g/mol. The minimum Gasteiger partial charge on any atom is -0.448 e. The summed E-state index contributed by atoms with van der Waals surface area (Å²) >= 11 is 0. The van der Waals surface area contributed by atoms with Crippen LogP contribution in [-0.4, -0.2) is 51.9 Å². The van der Waals surface area contributed by atoms with Crippen LogP contribution >= 0.6 is 0 Å². The van der Waals surface area contributed by atoms with Crippen molar-refractivity contribution in [3.8, 4) is 0 Å². The highest BCUT2D eigenvalue weighted by atomic mass is 16.3. The van der Waals surface area contributed by atoms with Gasteiger partial charge in [0.15, 0.2) is 0 Å². The summed E-state index contributed by atoms with van der Waals surface area (Å²) in [6.45, 7) is 6.32. The molecule has 184 valence electrons. The molecule has 2 aromatic carbocycles. The van der Waals surface area contributed by atoms with Crippen LogP contribution in [0.3, 0.4) is 0 Å². The smallest absolute Gasteiger partial charge is 0.270 e. The van der Waals surface area contributed by atoms with E-state index in [1.165, 1.54) is 11.1 Å². The molecule has 1 saturated heterocycles. The van der Waals surface area contributed by atoms with Crippen molar-refractivity contribution in [1.29, 1.82) is 0 Å². The van der Waals surface area contributed by atoms with Crippen LogP contribution in [0.4, 0.5) is 0 Å². The first kappa shape index (κ1) is 22.7. The van der Waals surface area contributed by atoms with E-state index >= 15 is 0 Å². The molecule has 4 aromatic rings. The number of piperazine rings is 1. The van der Waals surface area contributed by atoms with E-state index in [-0.39, 0.29) is 23.8 Å². The van der Waals surface area contributed by atoms with Crippen molar-refractivity contribution < 1.29 is 14.0 Å². The van der Waals surface area contributed by atoms with Gasteiger partial charge < -0.3 is 18.8 Å². The molecule has 0 bridgehead atoms. The Bertz CT molecular complexity index is 1400. The third-order valence-corrected chi connectivity index (χ3v) is 7.72. The SMILES string of the molecule is Cc1ccc(Cn2c(C(=O)N3CCN(C(=O)C4C[C@H]4c4ccccc4)C(C)C3)cc3ccoc32)cc1. The molecular weight excluding hydrogens is 450 g/mol. The Balaban J connectivity index is 1.16. The molecule has 2 aromatic heterocycles. The minimum atomic E-state index is -0.0178. The lowest BCUT2D eigenvalue weighted by molar-refractivity contribution is -0.136. The van der Waals surface area contributed by atoms with Crippen LogP contribution in [0.15, 0.2) is 77.4 Å². The maximum atomic E-state index is 13.7. The molecule has 3 atom stereocenters. The van der Waals surface area contributed by atoms with E-state index < -0.39 is 0 Å². The Morgan fingerprint density at radius 3 is 2.53 bits per heavy atom. The lowest BCUT2D eigenvalue weighted by atomic mass is 10.1. The van der Waals surface area contributed by atoms with Gasteiger partial charge in [-0.15, -0.1) is 0 Å². The van der Waals surface area contributed by atoms with Crippen molar-refractivity contribution in [2.24, 2.45) is 5.92 Å². The highest BCUT2D eigenvalue weighted by molar-refractivity contribution is 5.98. The predicted octanol–water partition coefficient (Wildman–Crippen LogP) is 5.07. The number of amides is 2. The van der Waals surface area contributed by atoms with Gasteiger partial charge in [0.2, 0.25) is 11.6 Å². The van der Waals surface area contributed by atoms with Gasteiger partial charge in [-0.05, 0) is 49.4 Å². The molecule has 2 fully saturated rings. The second-order valence-electron chi connectivity index (χ2n) is 10.3. The van der Waals surface area contributed by atoms with Crippen LogP contribution in [0, 0.1) is 12.8 Å². The molecule has 2 unspecified atom stereocenters. The molecule has 3 heterocycles. The number of carbonyl (C=O) groups excluding carboxylic acids is 2. The standard InChI is InChI=1S/C30H31N3O3/c1-20-8-10-22(11-9-20)19-33-27(16-24-12-15-36-30(24)33)29(35)31-13-14-32(21(2)18-31)28(34)26-17-25(26)23-6-4-3-5-7-23/h3-12,15-16,21,25-26H,13-14,17-19H2,1-2H3/t21?,25-,26?/m0/s1. The molecule has 6 rings (SSSR count). The summed E-state index contributed by atoms with van der Waals surface area (Å²) in [6, 6.07) is 22.4. The summed E-state index contributed by atoms with van der Waals surface area (Å²) in [5.41, 5.74) is 4.90. The first-order valence-electron chi connectivity index (χ1n) is 12.8. The Morgan fingerprint density at radius 1 is 1.00 bits per heavy atom. The number of carbonyl (C=O) groups is 2. The van der Waals surface area contributed by atoms with Gasteiger partial charge in [0, 0.05) is 37.0 Å². The Morgan fingerprint density at radius 2 is 1.78 bits per heavy atom. The van der Waals surface area contributed by atoms with Crippen LogP contribution in [0.25, 0.3) is 11.1 Å². The van der Waals surface area contributed by atoms with Crippen LogP contribution in [0.5, 0.6) is 0 Å². The predicted molar refractivity (Wildman–Crippen MR) is 139 cm³/mol. The zero-order chi connectivity index (χ0) is 24.8. The zero-order valence-electron chi connectivity index (χ0n) is 20.8. The molecule has 1 aliphatic heterocycles. The van der Waals surface area contributed by atoms with Gasteiger partial charge in [0.25, 0.3) is 5.91 Å². The van der Waals surface area contributed by atoms with Crippen molar-refractivity contribution in [3.63, 3.8) is 0 Å². The fraction of sp³-hybridized carbons (Fsp3) is 0.333. The van der Waals surface area contributed by atoms with E-state index in [4.69, 9.17) is 4.42 Å². The van der Waals surface area contributed by atoms with Crippen LogP contribution in [0.1, 0.15) is 46.4 Å². The number of hydrogen-bond acceptors (Lipinski definition) is 3. The van der Waals surface area contributed by atoms with Gasteiger partial charge in [-0.2, -0.15) is 0 Å². The molecule has 36 heavy (non-hydrogen) atoms. The average Bonchev–Trinajstić information content (AvgIpc) is 3.45. The summed E-state index contributed by atoms with van der Waals surface area (Å²) in [4.78, 5) is 30.8. The molecule has 1 saturated carbocycles. The maximum Gasteiger partial charge on any atom is 0.270 e. The van der Waals surface area contributed by atoms with Crippen LogP contribution < -0.4 is 0 Å². The van der Waals surface area contributed by atoms with E-state index in [1.54, 1.807) is 6.26 Å². The largest absolute Gasteiger partial charge is 0.448 e. The van der Waals surface area contributed by atoms with Crippen molar-refractivity contribution in [2.45, 2.75) is 38.8 Å². The summed E-state index contributed by atoms with van der Waals surface area (Å²) in [7, 11) is 0. The lowest BCUT2D eigenvalue weighted by Crippen LogP contribution is -2.56. The lowest BCUT2D eigenvalue weighted by Gasteiger charge is -2.40. The molecule has 6 heteroatoms. The molecule has 0 N–H and O–H groups in total. The van der Waals surface area contributed by atoms with Gasteiger partial charge in [-0.25, -0.2) is 0 Å². The summed E-state index contributed by atoms with van der Waals surface area (Å²) in [5, 5.41) is 0.924. The van der Waals surface area contributed by atoms with Crippen LogP contribution in [-0.2, 0) is 11.3 Å². The molecule has 2 aliphatic rings. The third kappa shape index (κ3) is 4.11. The van der Waals surface area contributed by atoms with Gasteiger partial charge in [0.1, 0.15) is 5.69 Å². The molecule has 1 aliphatic carbocycles. The first-order valence-corrected chi connectivity index (χ1v) is 12.8. The van der Waals surface area contributed by atoms with Crippen LogP contribution in [0.2, 0.25) is 0 Å². The highest BCUT2D eigenvalue weighted by Crippen LogP contribution is 2.48. The van der Waals surface area contributed by atoms with Gasteiger partial charge in [-0.1, -0.05) is 60.2 Å². The van der Waals surface area contributed by atoms with Gasteiger partial charge in [-0.3, -0.25) is 9.59 Å². The van der Waals surface area contributed by atoms with Crippen molar-refractivity contribution >= 4 is 22.9 Å². The average molecular weight is 482 g/mol. The zero-order valence-corrected chi connectivity index (χ0v) is 20.8. The minimum absolute atomic E-state index is 0.0129. The van der Waals surface area contributed by atoms with E-state index in [9.17, 15) is 9.59 Å². The molecule has 0 spiro atoms. The van der Waals surface area contributed by atoms with Crippen molar-refractivity contribution in [1.82, 2.24) is 14.4 Å². The Hall–Kier alpha value is -3.80. The number of aryl methyl sites for hydroxylation is 1. The quantitative estimate of drug-likeness (QED) is 0.400. The van der Waals surface area contributed by atoms with Gasteiger partial charge >= 0.3 is 0 Å². The number of furan rings is 1. The van der Waals surface area contributed by atoms with Crippen molar-refractivity contribution in [3.05, 3.63) is 95.4 Å². The summed E-state index contributed by atoms with van der Waals surface area (Å²) in [6.07, 6.45) is 2.58. The number of benzene rings is 2. The van der Waals surface area contributed by atoms with E-state index in [0.717, 1.165) is 17.4 Å². The van der Waals surface area contributed by atoms with E-state index in [2.05, 4.69) is 50.2 Å². The second kappa shape index (κ2) is 9.01. The Labute approximate surface area is 211 Å². The maximum absolute atomic E-state index is 13.7. The molecule has 6 nitrogen and oxygen atoms in total. The van der Waals surface area contributed by atoms with Gasteiger partial charge in [0.05, 0.1) is 12.8 Å². The van der Waals surface area contributed by atoms with E-state index in [1.807, 2.05) is 44.7 Å². The third-order valence-electron chi connectivity index (χ3n) is 7.72. The van der Waals surface area contributed by atoms with Crippen molar-refractivity contribution in [2.75, 3.05) is 19.6 Å². The summed E-state index contributed by atoms with van der Waals surface area (Å²) in [5.74, 6) is 0.603. The molecular formula is C30H31N3O3. The summed E-state index contributed by atoms with van der Waals surface area (Å²) < 4.78 is 7.72. The fourth-order valence-corrected chi connectivity index (χ4v) is 5.57. The molecule has 0 radical (unpaired) electrons. The number of fused-ring (bicyclic) bond motifs is 1. The normalized spacial score (nSPS) is 21.7. The second-order valence-corrected chi connectivity index (χ2v) is 10.3. The number of rotatable bonds is 5. The number of aromatic nitrogens is 1. The highest BCUT2D eigenvalue weighted by Gasteiger charge is 2.47.